The van der Waals surface area contributed by atoms with Crippen molar-refractivity contribution in [1.29, 1.82) is 0 Å². The van der Waals surface area contributed by atoms with E-state index in [4.69, 9.17) is 8.84 Å². The van der Waals surface area contributed by atoms with Gasteiger partial charge in [0.15, 0.2) is 0 Å². The highest BCUT2D eigenvalue weighted by molar-refractivity contribution is 7.74. The van der Waals surface area contributed by atoms with Gasteiger partial charge in [-0.05, 0) is 43.9 Å². The highest BCUT2D eigenvalue weighted by Gasteiger charge is 2.56. The number of hydrogen-bond donors (Lipinski definition) is 2. The Labute approximate surface area is 154 Å². The lowest BCUT2D eigenvalue weighted by molar-refractivity contribution is -0.132. The number of likely N-dealkylation sites (tertiary alicyclic amines) is 1. The minimum Gasteiger partial charge on any atom is -0.352 e. The number of urea groups is 1. The zero-order valence-electron chi connectivity index (χ0n) is 14.5. The number of fused-ring (bicyclic) bond motifs is 2. The minimum absolute atomic E-state index is 0.109. The van der Waals surface area contributed by atoms with Crippen LogP contribution in [0.15, 0.2) is 0 Å². The highest BCUT2D eigenvalue weighted by Crippen LogP contribution is 2.51. The monoisotopic (exact) mass is 384 g/mol. The van der Waals surface area contributed by atoms with Crippen LogP contribution in [0, 0.1) is 5.41 Å². The lowest BCUT2D eigenvalue weighted by Gasteiger charge is -2.59. The van der Waals surface area contributed by atoms with Gasteiger partial charge in [0, 0.05) is 31.7 Å². The van der Waals surface area contributed by atoms with Crippen molar-refractivity contribution in [3.05, 3.63) is 0 Å². The first kappa shape index (κ1) is 16.9. The van der Waals surface area contributed by atoms with E-state index in [9.17, 15) is 13.8 Å². The molecule has 0 aromatic heterocycles. The van der Waals surface area contributed by atoms with Gasteiger partial charge in [-0.1, -0.05) is 0 Å². The van der Waals surface area contributed by atoms with Crippen molar-refractivity contribution < 1.29 is 22.6 Å². The van der Waals surface area contributed by atoms with Gasteiger partial charge in [0.2, 0.25) is 5.91 Å². The number of amides is 3. The molecule has 2 bridgehead atoms. The van der Waals surface area contributed by atoms with Crippen molar-refractivity contribution in [1.82, 2.24) is 20.2 Å². The first-order valence-corrected chi connectivity index (χ1v) is 10.4. The van der Waals surface area contributed by atoms with E-state index in [1.807, 2.05) is 0 Å². The van der Waals surface area contributed by atoms with Gasteiger partial charge >= 0.3 is 17.4 Å². The predicted molar refractivity (Wildman–Crippen MR) is 90.8 cm³/mol. The van der Waals surface area contributed by atoms with Crippen LogP contribution in [0.5, 0.6) is 0 Å². The maximum atomic E-state index is 12.7. The van der Waals surface area contributed by atoms with Crippen LogP contribution in [0.3, 0.4) is 0 Å². The molecule has 2 saturated carbocycles. The Morgan fingerprint density at radius 3 is 2.54 bits per heavy atom. The van der Waals surface area contributed by atoms with Crippen molar-refractivity contribution in [3.8, 4) is 0 Å². The van der Waals surface area contributed by atoms with Crippen LogP contribution < -0.4 is 5.32 Å². The molecule has 2 aliphatic carbocycles. The van der Waals surface area contributed by atoms with Crippen LogP contribution in [0.4, 0.5) is 4.79 Å². The molecular formula is C16H24N4O5S. The highest BCUT2D eigenvalue weighted by atomic mass is 32.2. The number of piperidine rings is 1. The molecule has 1 unspecified atom stereocenters. The number of carbonyl (C=O) groups excluding carboxylic acids is 2. The van der Waals surface area contributed by atoms with E-state index in [0.29, 0.717) is 24.8 Å². The second kappa shape index (κ2) is 5.88. The molecule has 5 aliphatic rings. The Hall–Kier alpha value is -1.23. The first-order valence-electron chi connectivity index (χ1n) is 9.38. The van der Waals surface area contributed by atoms with Gasteiger partial charge in [0.05, 0.1) is 6.04 Å². The van der Waals surface area contributed by atoms with Crippen molar-refractivity contribution in [2.24, 2.45) is 5.41 Å². The number of hydrogen-bond acceptors (Lipinski definition) is 5. The van der Waals surface area contributed by atoms with Crippen molar-refractivity contribution >= 4 is 23.3 Å². The number of hydroxylamine groups is 2. The second-order valence-electron chi connectivity index (χ2n) is 8.55. The van der Waals surface area contributed by atoms with E-state index in [1.54, 1.807) is 0 Å². The summed E-state index contributed by atoms with van der Waals surface area (Å²) in [6.07, 6.45) is 5.88. The Kier molecular flexibility index (Phi) is 3.83. The number of nitrogens with one attached hydrogen (secondary N) is 1. The molecule has 3 atom stereocenters. The van der Waals surface area contributed by atoms with Gasteiger partial charge in [-0.15, -0.1) is 4.28 Å². The molecular weight excluding hydrogens is 360 g/mol. The van der Waals surface area contributed by atoms with Gasteiger partial charge in [0.25, 0.3) is 0 Å². The van der Waals surface area contributed by atoms with Gasteiger partial charge in [-0.25, -0.2) is 4.79 Å². The molecule has 26 heavy (non-hydrogen) atoms. The van der Waals surface area contributed by atoms with Crippen molar-refractivity contribution in [2.75, 3.05) is 19.6 Å². The SMILES string of the molecule is O=C(NC1CC2(C1)CN(C1CC1)C2)[C@@H]1CC[C@@H]2CN1C(=O)N2OS(=O)O. The Morgan fingerprint density at radius 2 is 1.88 bits per heavy atom. The van der Waals surface area contributed by atoms with Crippen LogP contribution in [0.25, 0.3) is 0 Å². The molecule has 3 aliphatic heterocycles. The molecule has 3 saturated heterocycles. The molecule has 3 amide bonds. The number of nitrogens with zero attached hydrogens (tertiary/aromatic N) is 3. The summed E-state index contributed by atoms with van der Waals surface area (Å²) in [6, 6.07) is -0.252. The third-order valence-electron chi connectivity index (χ3n) is 6.62. The third kappa shape index (κ3) is 2.74. The zero-order valence-corrected chi connectivity index (χ0v) is 15.3. The van der Waals surface area contributed by atoms with Gasteiger partial charge < -0.3 is 10.2 Å². The van der Waals surface area contributed by atoms with Crippen LogP contribution in [-0.4, -0.2) is 79.4 Å². The molecule has 9 nitrogen and oxygen atoms in total. The number of carbonyl (C=O) groups is 2. The fourth-order valence-corrected chi connectivity index (χ4v) is 5.55. The van der Waals surface area contributed by atoms with E-state index < -0.39 is 23.4 Å². The summed E-state index contributed by atoms with van der Waals surface area (Å²) in [6.45, 7) is 2.70. The molecule has 0 radical (unpaired) electrons. The van der Waals surface area contributed by atoms with Crippen LogP contribution >= 0.6 is 0 Å². The number of rotatable bonds is 5. The minimum atomic E-state index is -2.54. The van der Waals surface area contributed by atoms with E-state index in [2.05, 4.69) is 10.2 Å². The average Bonchev–Trinajstić information content (AvgIpc) is 3.33. The summed E-state index contributed by atoms with van der Waals surface area (Å²) < 4.78 is 24.4. The van der Waals surface area contributed by atoms with Crippen LogP contribution in [0.2, 0.25) is 0 Å². The normalized spacial score (nSPS) is 34.6. The van der Waals surface area contributed by atoms with E-state index in [0.717, 1.165) is 23.9 Å². The average molecular weight is 384 g/mol. The Balaban J connectivity index is 1.14. The Morgan fingerprint density at radius 1 is 1.19 bits per heavy atom. The molecule has 144 valence electrons. The van der Waals surface area contributed by atoms with E-state index >= 15 is 0 Å². The molecule has 1 spiro atoms. The van der Waals surface area contributed by atoms with Crippen LogP contribution in [0.1, 0.15) is 38.5 Å². The molecule has 0 aromatic carbocycles. The van der Waals surface area contributed by atoms with Crippen molar-refractivity contribution in [2.45, 2.75) is 62.7 Å². The maximum Gasteiger partial charge on any atom is 0.346 e. The summed E-state index contributed by atoms with van der Waals surface area (Å²) in [4.78, 5) is 29.1. The molecule has 0 aromatic rings. The lowest BCUT2D eigenvalue weighted by atomic mass is 9.60. The van der Waals surface area contributed by atoms with E-state index in [-0.39, 0.29) is 18.0 Å². The molecule has 5 rings (SSSR count). The fraction of sp³-hybridized carbons (Fsp3) is 0.875. The van der Waals surface area contributed by atoms with Gasteiger partial charge in [-0.3, -0.25) is 14.2 Å². The summed E-state index contributed by atoms with van der Waals surface area (Å²) in [7, 11) is 0. The van der Waals surface area contributed by atoms with Gasteiger partial charge in [-0.2, -0.15) is 9.27 Å². The zero-order chi connectivity index (χ0) is 18.1. The maximum absolute atomic E-state index is 12.7. The third-order valence-corrected chi connectivity index (χ3v) is 6.90. The van der Waals surface area contributed by atoms with Gasteiger partial charge in [0.1, 0.15) is 6.04 Å². The second-order valence-corrected chi connectivity index (χ2v) is 9.13. The summed E-state index contributed by atoms with van der Waals surface area (Å²) in [5.41, 5.74) is 0.414. The summed E-state index contributed by atoms with van der Waals surface area (Å²) in [5, 5.41) is 4.06. The van der Waals surface area contributed by atoms with Crippen LogP contribution in [-0.2, 0) is 20.4 Å². The summed E-state index contributed by atoms with van der Waals surface area (Å²) in [5.74, 6) is -0.109. The standard InChI is InChI=1S/C16H24N4O5S/c21-14(17-10-5-16(6-10)8-18(9-16)11-1-2-11)13-4-3-12-7-19(13)15(22)20(12)25-26(23)24/h10-13H,1-9H2,(H,17,21)(H,23,24)/t12-,13+/m1/s1. The largest absolute Gasteiger partial charge is 0.352 e. The first-order chi connectivity index (χ1) is 12.4. The van der Waals surface area contributed by atoms with E-state index in [1.165, 1.54) is 30.8 Å². The Bertz CT molecular complexity index is 657. The molecule has 5 fully saturated rings. The summed E-state index contributed by atoms with van der Waals surface area (Å²) >= 11 is -2.54. The lowest BCUT2D eigenvalue weighted by Crippen LogP contribution is -2.67. The smallest absolute Gasteiger partial charge is 0.346 e. The molecule has 3 heterocycles. The predicted octanol–water partition coefficient (Wildman–Crippen LogP) is 0.0663. The fourth-order valence-electron chi connectivity index (χ4n) is 5.23. The molecule has 10 heteroatoms. The quantitative estimate of drug-likeness (QED) is 0.650. The topological polar surface area (TPSA) is 102 Å². The molecule has 2 N–H and O–H groups in total. The van der Waals surface area contributed by atoms with Crippen molar-refractivity contribution in [3.63, 3.8) is 0 Å².